The molecular formula is C23H30N4O2. The minimum absolute atomic E-state index is 0.0247. The third kappa shape index (κ3) is 3.00. The number of nitrogens with zero attached hydrogens (tertiary/aromatic N) is 3. The molecule has 0 radical (unpaired) electrons. The number of nitrogens with one attached hydrogen (secondary N) is 1. The maximum atomic E-state index is 13.0. The topological polar surface area (TPSA) is 76.3 Å². The van der Waals surface area contributed by atoms with Crippen molar-refractivity contribution in [1.82, 2.24) is 15.2 Å². The Kier molecular flexibility index (Phi) is 4.63. The smallest absolute Gasteiger partial charge is 0.267 e. The molecule has 2 saturated carbocycles. The lowest BCUT2D eigenvalue weighted by Crippen LogP contribution is -2.35. The van der Waals surface area contributed by atoms with Crippen molar-refractivity contribution in [1.29, 1.82) is 0 Å². The zero-order valence-electron chi connectivity index (χ0n) is 18.0. The fourth-order valence-corrected chi connectivity index (χ4v) is 5.14. The molecule has 0 unspecified atom stereocenters. The lowest BCUT2D eigenvalue weighted by atomic mass is 9.70. The zero-order chi connectivity index (χ0) is 21.0. The Balaban J connectivity index is 1.69. The summed E-state index contributed by atoms with van der Waals surface area (Å²) >= 11 is 0. The van der Waals surface area contributed by atoms with Gasteiger partial charge < -0.3 is 0 Å². The summed E-state index contributed by atoms with van der Waals surface area (Å²) in [4.78, 5) is 25.8. The van der Waals surface area contributed by atoms with E-state index in [1.165, 1.54) is 11.1 Å². The van der Waals surface area contributed by atoms with Gasteiger partial charge in [-0.25, -0.2) is 10.1 Å². The van der Waals surface area contributed by atoms with Crippen molar-refractivity contribution in [3.8, 4) is 0 Å². The molecule has 2 bridgehead atoms. The summed E-state index contributed by atoms with van der Waals surface area (Å²) in [5.74, 6) is 0.499. The molecule has 6 nitrogen and oxygen atoms in total. The summed E-state index contributed by atoms with van der Waals surface area (Å²) in [5, 5.41) is 10.0. The highest BCUT2D eigenvalue weighted by Gasteiger charge is 2.60. The number of carbonyl (C=O) groups is 1. The number of hydrogen-bond donors (Lipinski definition) is 1. The quantitative estimate of drug-likeness (QED) is 0.797. The summed E-state index contributed by atoms with van der Waals surface area (Å²) in [6, 6.07) is 7.15. The lowest BCUT2D eigenvalue weighted by molar-refractivity contribution is 0.0948. The lowest BCUT2D eigenvalue weighted by Gasteiger charge is -2.34. The summed E-state index contributed by atoms with van der Waals surface area (Å²) in [7, 11) is 0. The van der Waals surface area contributed by atoms with Gasteiger partial charge in [0.2, 0.25) is 0 Å². The Morgan fingerprint density at radius 1 is 1.28 bits per heavy atom. The highest BCUT2D eigenvalue weighted by Crippen LogP contribution is 2.63. The third-order valence-electron chi connectivity index (χ3n) is 7.43. The monoisotopic (exact) mass is 394 g/mol. The average Bonchev–Trinajstić information content (AvgIpc) is 3.01. The summed E-state index contributed by atoms with van der Waals surface area (Å²) < 4.78 is 1.40. The molecule has 1 aromatic carbocycles. The predicted octanol–water partition coefficient (Wildman–Crippen LogP) is 3.98. The summed E-state index contributed by atoms with van der Waals surface area (Å²) in [6.45, 7) is 11.4. The van der Waals surface area contributed by atoms with Crippen LogP contribution in [0, 0.1) is 22.7 Å². The van der Waals surface area contributed by atoms with Crippen molar-refractivity contribution in [2.75, 3.05) is 0 Å². The molecule has 2 aromatic rings. The molecule has 2 atom stereocenters. The van der Waals surface area contributed by atoms with Crippen LogP contribution in [0.1, 0.15) is 64.4 Å². The van der Waals surface area contributed by atoms with E-state index < -0.39 is 0 Å². The highest BCUT2D eigenvalue weighted by atomic mass is 16.2. The van der Waals surface area contributed by atoms with Crippen molar-refractivity contribution < 1.29 is 4.79 Å². The van der Waals surface area contributed by atoms with E-state index in [0.717, 1.165) is 18.6 Å². The second-order valence-corrected chi connectivity index (χ2v) is 9.77. The number of fused-ring (bicyclic) bond motifs is 3. The van der Waals surface area contributed by atoms with Crippen molar-refractivity contribution in [3.63, 3.8) is 0 Å². The van der Waals surface area contributed by atoms with Gasteiger partial charge in [0.1, 0.15) is 0 Å². The van der Waals surface area contributed by atoms with Crippen LogP contribution >= 0.6 is 0 Å². The van der Waals surface area contributed by atoms with Gasteiger partial charge in [0.05, 0.1) is 5.39 Å². The highest BCUT2D eigenvalue weighted by molar-refractivity contribution is 6.05. The van der Waals surface area contributed by atoms with Gasteiger partial charge in [-0.15, -0.1) is 0 Å². The first-order valence-electron chi connectivity index (χ1n) is 10.5. The average molecular weight is 395 g/mol. The van der Waals surface area contributed by atoms with Gasteiger partial charge in [0.15, 0.2) is 5.69 Å². The first kappa shape index (κ1) is 19.8. The SMILES string of the molecule is CC(C)Cn1nc(C(=O)N/N=C2/C[C@H]3CC[C@]2(C)C3(C)C)c2ccccc2c1=O. The van der Waals surface area contributed by atoms with E-state index in [1.54, 1.807) is 12.1 Å². The van der Waals surface area contributed by atoms with Gasteiger partial charge in [0, 0.05) is 23.1 Å². The van der Waals surface area contributed by atoms with Crippen LogP contribution in [-0.4, -0.2) is 21.4 Å². The molecule has 0 spiro atoms. The van der Waals surface area contributed by atoms with E-state index in [4.69, 9.17) is 0 Å². The van der Waals surface area contributed by atoms with Gasteiger partial charge in [-0.2, -0.15) is 10.2 Å². The van der Waals surface area contributed by atoms with Crippen LogP contribution in [0.2, 0.25) is 0 Å². The fraction of sp³-hybridized carbons (Fsp3) is 0.565. The van der Waals surface area contributed by atoms with Crippen LogP contribution in [-0.2, 0) is 6.54 Å². The molecule has 1 amide bonds. The third-order valence-corrected chi connectivity index (χ3v) is 7.43. The molecule has 2 aliphatic carbocycles. The van der Waals surface area contributed by atoms with Crippen LogP contribution < -0.4 is 11.0 Å². The second-order valence-electron chi connectivity index (χ2n) is 9.77. The molecular weight excluding hydrogens is 364 g/mol. The minimum atomic E-state index is -0.365. The molecule has 0 aliphatic heterocycles. The van der Waals surface area contributed by atoms with Crippen LogP contribution in [0.4, 0.5) is 0 Å². The Hall–Kier alpha value is -2.50. The maximum Gasteiger partial charge on any atom is 0.292 e. The zero-order valence-corrected chi connectivity index (χ0v) is 18.0. The number of amides is 1. The number of benzene rings is 1. The normalized spacial score (nSPS) is 26.6. The standard InChI is InChI=1S/C23H30N4O2/c1-14(2)13-27-21(29)17-9-7-6-8-16(17)19(26-27)20(28)25-24-18-12-15-10-11-23(18,5)22(15,3)4/h6-9,14-15H,10-13H2,1-5H3,(H,25,28)/b24-18-/t15-,23+/m1/s1. The van der Waals surface area contributed by atoms with Crippen LogP contribution in [0.15, 0.2) is 34.2 Å². The Morgan fingerprint density at radius 3 is 2.55 bits per heavy atom. The fourth-order valence-electron chi connectivity index (χ4n) is 5.14. The first-order chi connectivity index (χ1) is 13.6. The molecule has 4 rings (SSSR count). The second kappa shape index (κ2) is 6.78. The molecule has 154 valence electrons. The van der Waals surface area contributed by atoms with Crippen LogP contribution in [0.25, 0.3) is 10.8 Å². The molecule has 2 fully saturated rings. The number of carbonyl (C=O) groups excluding carboxylic acids is 1. The minimum Gasteiger partial charge on any atom is -0.267 e. The van der Waals surface area contributed by atoms with Gasteiger partial charge in [-0.3, -0.25) is 9.59 Å². The molecule has 1 aromatic heterocycles. The number of aromatic nitrogens is 2. The van der Waals surface area contributed by atoms with Gasteiger partial charge >= 0.3 is 0 Å². The van der Waals surface area contributed by atoms with Crippen LogP contribution in [0.5, 0.6) is 0 Å². The van der Waals surface area contributed by atoms with Crippen molar-refractivity contribution in [3.05, 3.63) is 40.3 Å². The van der Waals surface area contributed by atoms with E-state index in [9.17, 15) is 9.59 Å². The van der Waals surface area contributed by atoms with E-state index in [-0.39, 0.29) is 33.9 Å². The predicted molar refractivity (Wildman–Crippen MR) is 115 cm³/mol. The number of hydrazone groups is 1. The summed E-state index contributed by atoms with van der Waals surface area (Å²) in [6.07, 6.45) is 3.27. The van der Waals surface area contributed by atoms with Gasteiger partial charge in [-0.1, -0.05) is 52.8 Å². The Labute approximate surface area is 171 Å². The largest absolute Gasteiger partial charge is 0.292 e. The molecule has 6 heteroatoms. The van der Waals surface area contributed by atoms with Gasteiger partial charge in [-0.05, 0) is 42.6 Å². The van der Waals surface area contributed by atoms with Crippen molar-refractivity contribution >= 4 is 22.4 Å². The molecule has 1 N–H and O–H groups in total. The van der Waals surface area contributed by atoms with Crippen molar-refractivity contribution in [2.45, 2.75) is 60.4 Å². The molecule has 2 aliphatic rings. The van der Waals surface area contributed by atoms with Crippen LogP contribution in [0.3, 0.4) is 0 Å². The molecule has 29 heavy (non-hydrogen) atoms. The van der Waals surface area contributed by atoms with E-state index in [2.05, 4.69) is 36.4 Å². The van der Waals surface area contributed by atoms with Gasteiger partial charge in [0.25, 0.3) is 11.5 Å². The van der Waals surface area contributed by atoms with E-state index >= 15 is 0 Å². The summed E-state index contributed by atoms with van der Waals surface area (Å²) in [5.41, 5.74) is 4.13. The molecule has 0 saturated heterocycles. The molecule has 1 heterocycles. The Morgan fingerprint density at radius 2 is 1.97 bits per heavy atom. The number of hydrogen-bond acceptors (Lipinski definition) is 4. The van der Waals surface area contributed by atoms with E-state index in [0.29, 0.717) is 23.2 Å². The number of rotatable bonds is 4. The first-order valence-corrected chi connectivity index (χ1v) is 10.5. The Bertz CT molecular complexity index is 1070. The van der Waals surface area contributed by atoms with Crippen molar-refractivity contribution in [2.24, 2.45) is 27.8 Å². The maximum absolute atomic E-state index is 13.0. The van der Waals surface area contributed by atoms with E-state index in [1.807, 2.05) is 26.0 Å².